The van der Waals surface area contributed by atoms with Gasteiger partial charge < -0.3 is 15.1 Å². The number of thiocarbonyl (C=S) groups is 1. The van der Waals surface area contributed by atoms with Crippen molar-refractivity contribution in [2.24, 2.45) is 0 Å². The van der Waals surface area contributed by atoms with Crippen LogP contribution in [0.3, 0.4) is 0 Å². The maximum Gasteiger partial charge on any atom is 0.230 e. The van der Waals surface area contributed by atoms with E-state index in [1.54, 1.807) is 12.1 Å². The number of nitrogens with zero attached hydrogens (tertiary/aromatic N) is 1. The third-order valence-corrected chi connectivity index (χ3v) is 5.10. The predicted molar refractivity (Wildman–Crippen MR) is 128 cm³/mol. The Bertz CT molecular complexity index is 1260. The van der Waals surface area contributed by atoms with E-state index in [0.29, 0.717) is 27.7 Å². The number of aryl methyl sites for hydroxylation is 2. The number of hydrogen-bond donors (Lipinski definition) is 2. The maximum absolute atomic E-state index is 12.2. The number of carbonyl (C=O) groups is 1. The molecule has 156 valence electrons. The van der Waals surface area contributed by atoms with Crippen molar-refractivity contribution in [2.75, 3.05) is 5.32 Å². The van der Waals surface area contributed by atoms with Crippen LogP contribution in [0.4, 0.5) is 5.69 Å². The third-order valence-electron chi connectivity index (χ3n) is 4.64. The first-order chi connectivity index (χ1) is 14.9. The minimum Gasteiger partial charge on any atom is -0.436 e. The highest BCUT2D eigenvalue weighted by Gasteiger charge is 2.11. The second kappa shape index (κ2) is 8.88. The molecule has 3 aromatic carbocycles. The fraction of sp³-hybridized carbons (Fsp3) is 0.125. The molecule has 1 aromatic heterocycles. The number of amides is 1. The zero-order valence-electron chi connectivity index (χ0n) is 17.0. The van der Waals surface area contributed by atoms with Gasteiger partial charge in [0.2, 0.25) is 11.8 Å². The van der Waals surface area contributed by atoms with Gasteiger partial charge in [-0.1, -0.05) is 40.9 Å². The van der Waals surface area contributed by atoms with Crippen LogP contribution >= 0.6 is 23.8 Å². The molecular formula is C24H20ClN3O2S. The Kier molecular flexibility index (Phi) is 6.02. The molecule has 4 rings (SSSR count). The van der Waals surface area contributed by atoms with Crippen molar-refractivity contribution in [3.63, 3.8) is 0 Å². The molecule has 0 aliphatic carbocycles. The molecular weight excluding hydrogens is 430 g/mol. The number of hydrogen-bond acceptors (Lipinski definition) is 4. The van der Waals surface area contributed by atoms with Gasteiger partial charge in [0, 0.05) is 16.3 Å². The summed E-state index contributed by atoms with van der Waals surface area (Å²) in [4.78, 5) is 16.8. The molecule has 0 unspecified atom stereocenters. The fourth-order valence-corrected chi connectivity index (χ4v) is 3.71. The average Bonchev–Trinajstić information content (AvgIpc) is 3.12. The summed E-state index contributed by atoms with van der Waals surface area (Å²) in [6.45, 7) is 4.09. The number of oxazole rings is 1. The van der Waals surface area contributed by atoms with Crippen LogP contribution in [0.15, 0.2) is 65.1 Å². The number of fused-ring (bicyclic) bond motifs is 1. The third kappa shape index (κ3) is 5.29. The molecule has 0 atom stereocenters. The summed E-state index contributed by atoms with van der Waals surface area (Å²) in [6, 6.07) is 18.8. The molecule has 1 heterocycles. The normalized spacial score (nSPS) is 10.8. The summed E-state index contributed by atoms with van der Waals surface area (Å²) in [5, 5.41) is 6.56. The summed E-state index contributed by atoms with van der Waals surface area (Å²) in [5.74, 6) is 0.359. The largest absolute Gasteiger partial charge is 0.436 e. The Morgan fingerprint density at radius 1 is 1.03 bits per heavy atom. The van der Waals surface area contributed by atoms with Gasteiger partial charge in [-0.05, 0) is 74.1 Å². The van der Waals surface area contributed by atoms with Gasteiger partial charge in [0.05, 0.1) is 6.42 Å². The minimum absolute atomic E-state index is 0.209. The first-order valence-electron chi connectivity index (χ1n) is 9.70. The lowest BCUT2D eigenvalue weighted by Crippen LogP contribution is -2.35. The topological polar surface area (TPSA) is 67.2 Å². The molecule has 4 aromatic rings. The van der Waals surface area contributed by atoms with E-state index in [2.05, 4.69) is 21.7 Å². The zero-order chi connectivity index (χ0) is 22.0. The van der Waals surface area contributed by atoms with Crippen LogP contribution in [-0.2, 0) is 11.2 Å². The van der Waals surface area contributed by atoms with Gasteiger partial charge in [-0.2, -0.15) is 0 Å². The molecule has 0 spiro atoms. The standard InChI is InChI=1S/C24H20ClN3O2S/c1-14-9-15(2)11-17(10-14)23-27-20-13-19(7-8-21(20)30-23)26-24(31)28-22(29)12-16-3-5-18(25)6-4-16/h3-11,13H,12H2,1-2H3,(H2,26,28,29,31). The monoisotopic (exact) mass is 449 g/mol. The first-order valence-corrected chi connectivity index (χ1v) is 10.5. The SMILES string of the molecule is Cc1cc(C)cc(-c2nc3cc(NC(=S)NC(=O)Cc4ccc(Cl)cc4)ccc3o2)c1. The quantitative estimate of drug-likeness (QED) is 0.384. The minimum atomic E-state index is -0.209. The molecule has 0 saturated carbocycles. The number of carbonyl (C=O) groups excluding carboxylic acids is 1. The molecule has 2 N–H and O–H groups in total. The van der Waals surface area contributed by atoms with Crippen LogP contribution in [0.2, 0.25) is 5.02 Å². The summed E-state index contributed by atoms with van der Waals surface area (Å²) in [6.07, 6.45) is 0.209. The number of halogens is 1. The lowest BCUT2D eigenvalue weighted by atomic mass is 10.1. The van der Waals surface area contributed by atoms with Gasteiger partial charge in [-0.3, -0.25) is 4.79 Å². The summed E-state index contributed by atoms with van der Waals surface area (Å²) in [5.41, 5.74) is 6.19. The van der Waals surface area contributed by atoms with Crippen LogP contribution in [0.25, 0.3) is 22.6 Å². The second-order valence-corrected chi connectivity index (χ2v) is 8.23. The van der Waals surface area contributed by atoms with E-state index in [4.69, 9.17) is 28.2 Å². The van der Waals surface area contributed by atoms with Gasteiger partial charge >= 0.3 is 0 Å². The Labute approximate surface area is 190 Å². The van der Waals surface area contributed by atoms with Crippen molar-refractivity contribution in [3.05, 3.63) is 82.4 Å². The van der Waals surface area contributed by atoms with Gasteiger partial charge in [-0.25, -0.2) is 4.98 Å². The van der Waals surface area contributed by atoms with Crippen molar-refractivity contribution >= 4 is 51.6 Å². The summed E-state index contributed by atoms with van der Waals surface area (Å²) in [7, 11) is 0. The molecule has 5 nitrogen and oxygen atoms in total. The number of benzene rings is 3. The second-order valence-electron chi connectivity index (χ2n) is 7.38. The zero-order valence-corrected chi connectivity index (χ0v) is 18.6. The number of rotatable bonds is 4. The number of anilines is 1. The Morgan fingerprint density at radius 3 is 2.45 bits per heavy atom. The molecule has 0 aliphatic heterocycles. The highest BCUT2D eigenvalue weighted by molar-refractivity contribution is 7.80. The van der Waals surface area contributed by atoms with Crippen molar-refractivity contribution in [1.82, 2.24) is 10.3 Å². The summed E-state index contributed by atoms with van der Waals surface area (Å²) >= 11 is 11.1. The van der Waals surface area contributed by atoms with E-state index < -0.39 is 0 Å². The van der Waals surface area contributed by atoms with E-state index in [1.165, 1.54) is 0 Å². The molecule has 7 heteroatoms. The van der Waals surface area contributed by atoms with Crippen LogP contribution in [-0.4, -0.2) is 16.0 Å². The maximum atomic E-state index is 12.2. The van der Waals surface area contributed by atoms with Crippen molar-refractivity contribution in [1.29, 1.82) is 0 Å². The van der Waals surface area contributed by atoms with Crippen molar-refractivity contribution < 1.29 is 9.21 Å². The van der Waals surface area contributed by atoms with Crippen LogP contribution in [0.1, 0.15) is 16.7 Å². The Balaban J connectivity index is 1.44. The predicted octanol–water partition coefficient (Wildman–Crippen LogP) is 5.82. The van der Waals surface area contributed by atoms with Crippen molar-refractivity contribution in [2.45, 2.75) is 20.3 Å². The highest BCUT2D eigenvalue weighted by Crippen LogP contribution is 2.27. The van der Waals surface area contributed by atoms with E-state index >= 15 is 0 Å². The van der Waals surface area contributed by atoms with Crippen LogP contribution in [0, 0.1) is 13.8 Å². The number of aromatic nitrogens is 1. The average molecular weight is 450 g/mol. The first kappa shape index (κ1) is 21.0. The van der Waals surface area contributed by atoms with Gasteiger partial charge in [-0.15, -0.1) is 0 Å². The van der Waals surface area contributed by atoms with E-state index in [-0.39, 0.29) is 17.4 Å². The molecule has 0 saturated heterocycles. The summed E-state index contributed by atoms with van der Waals surface area (Å²) < 4.78 is 5.91. The van der Waals surface area contributed by atoms with E-state index in [1.807, 2.05) is 56.3 Å². The fourth-order valence-electron chi connectivity index (χ4n) is 3.35. The number of nitrogens with one attached hydrogen (secondary N) is 2. The molecule has 0 radical (unpaired) electrons. The smallest absolute Gasteiger partial charge is 0.230 e. The molecule has 31 heavy (non-hydrogen) atoms. The van der Waals surface area contributed by atoms with Gasteiger partial charge in [0.1, 0.15) is 5.52 Å². The molecule has 1 amide bonds. The lowest BCUT2D eigenvalue weighted by Gasteiger charge is -2.09. The Hall–Kier alpha value is -3.22. The van der Waals surface area contributed by atoms with Crippen molar-refractivity contribution in [3.8, 4) is 11.5 Å². The Morgan fingerprint density at radius 2 is 1.74 bits per heavy atom. The molecule has 0 aliphatic rings. The van der Waals surface area contributed by atoms with E-state index in [9.17, 15) is 4.79 Å². The van der Waals surface area contributed by atoms with Gasteiger partial charge in [0.15, 0.2) is 10.7 Å². The molecule has 0 bridgehead atoms. The van der Waals surface area contributed by atoms with Crippen LogP contribution < -0.4 is 10.6 Å². The van der Waals surface area contributed by atoms with Crippen LogP contribution in [0.5, 0.6) is 0 Å². The van der Waals surface area contributed by atoms with E-state index in [0.717, 1.165) is 22.3 Å². The lowest BCUT2D eigenvalue weighted by molar-refractivity contribution is -0.119. The molecule has 0 fully saturated rings. The van der Waals surface area contributed by atoms with Gasteiger partial charge in [0.25, 0.3) is 0 Å². The highest BCUT2D eigenvalue weighted by atomic mass is 35.5.